The average molecular weight is 380 g/mol. The molecular formula is C20H17FN4O3. The Morgan fingerprint density at radius 1 is 1.14 bits per heavy atom. The molecule has 1 amide bonds. The number of nitrogens with one attached hydrogen (secondary N) is 1. The Morgan fingerprint density at radius 3 is 2.82 bits per heavy atom. The Morgan fingerprint density at radius 2 is 2.00 bits per heavy atom. The number of oxazole rings is 1. The van der Waals surface area contributed by atoms with Crippen molar-refractivity contribution < 1.29 is 18.1 Å². The minimum Gasteiger partial charge on any atom is -0.441 e. The van der Waals surface area contributed by atoms with Crippen LogP contribution in [0.3, 0.4) is 0 Å². The molecule has 0 bridgehead atoms. The van der Waals surface area contributed by atoms with Crippen molar-refractivity contribution in [2.24, 2.45) is 0 Å². The van der Waals surface area contributed by atoms with Crippen molar-refractivity contribution in [3.63, 3.8) is 0 Å². The van der Waals surface area contributed by atoms with E-state index in [-0.39, 0.29) is 24.6 Å². The summed E-state index contributed by atoms with van der Waals surface area (Å²) in [5, 5.41) is 6.65. The molecule has 7 nitrogen and oxygen atoms in total. The topological polar surface area (TPSA) is 94.1 Å². The average Bonchev–Trinajstić information content (AvgIpc) is 3.27. The van der Waals surface area contributed by atoms with E-state index in [4.69, 9.17) is 8.94 Å². The number of hydrogen-bond donors (Lipinski definition) is 1. The summed E-state index contributed by atoms with van der Waals surface area (Å²) >= 11 is 0. The van der Waals surface area contributed by atoms with Crippen molar-refractivity contribution in [2.45, 2.75) is 26.7 Å². The zero-order chi connectivity index (χ0) is 19.7. The van der Waals surface area contributed by atoms with E-state index in [0.29, 0.717) is 40.0 Å². The van der Waals surface area contributed by atoms with Crippen LogP contribution in [0.5, 0.6) is 0 Å². The smallest absolute Gasteiger partial charge is 0.227 e. The Bertz CT molecular complexity index is 1170. The van der Waals surface area contributed by atoms with Gasteiger partial charge in [0.15, 0.2) is 11.5 Å². The van der Waals surface area contributed by atoms with Crippen LogP contribution in [-0.4, -0.2) is 21.0 Å². The predicted octanol–water partition coefficient (Wildman–Crippen LogP) is 4.21. The molecule has 0 atom stereocenters. The highest BCUT2D eigenvalue weighted by Crippen LogP contribution is 2.21. The minimum absolute atomic E-state index is 0.164. The molecule has 0 saturated carbocycles. The second-order valence-electron chi connectivity index (χ2n) is 6.44. The van der Waals surface area contributed by atoms with Gasteiger partial charge >= 0.3 is 0 Å². The van der Waals surface area contributed by atoms with Crippen molar-refractivity contribution in [3.05, 3.63) is 59.6 Å². The molecule has 0 aliphatic heterocycles. The first-order valence-electron chi connectivity index (χ1n) is 8.74. The van der Waals surface area contributed by atoms with E-state index in [1.54, 1.807) is 44.2 Å². The van der Waals surface area contributed by atoms with Crippen molar-refractivity contribution in [3.8, 4) is 11.4 Å². The fraction of sp³-hybridized carbons (Fsp3) is 0.200. The maximum Gasteiger partial charge on any atom is 0.227 e. The van der Waals surface area contributed by atoms with Crippen LogP contribution in [0.2, 0.25) is 0 Å². The first kappa shape index (κ1) is 17.8. The lowest BCUT2D eigenvalue weighted by atomic mass is 10.1. The molecule has 0 aliphatic rings. The molecule has 2 aromatic carbocycles. The third kappa shape index (κ3) is 3.75. The number of anilines is 1. The second-order valence-corrected chi connectivity index (χ2v) is 6.44. The SMILES string of the molecule is Cc1nc2ccc(NC(=O)CCc3nc(-c4ccc(C)c(F)c4)no3)cc2o1. The molecule has 2 heterocycles. The van der Waals surface area contributed by atoms with Crippen molar-refractivity contribution in [1.82, 2.24) is 15.1 Å². The number of halogens is 1. The third-order valence-corrected chi connectivity index (χ3v) is 4.24. The molecule has 0 aliphatic carbocycles. The quantitative estimate of drug-likeness (QED) is 0.557. The standard InChI is InChI=1S/C20H17FN4O3/c1-11-3-4-13(9-15(11)21)20-24-19(28-25-20)8-7-18(26)23-14-5-6-16-17(10-14)27-12(2)22-16/h3-6,9-10H,7-8H2,1-2H3,(H,23,26). The van der Waals surface area contributed by atoms with Gasteiger partial charge in [0.1, 0.15) is 11.3 Å². The summed E-state index contributed by atoms with van der Waals surface area (Å²) in [6.45, 7) is 3.45. The summed E-state index contributed by atoms with van der Waals surface area (Å²) < 4.78 is 24.3. The zero-order valence-corrected chi connectivity index (χ0v) is 15.3. The van der Waals surface area contributed by atoms with Gasteiger partial charge < -0.3 is 14.3 Å². The van der Waals surface area contributed by atoms with Gasteiger partial charge in [0.25, 0.3) is 0 Å². The van der Waals surface area contributed by atoms with Gasteiger partial charge in [-0.3, -0.25) is 4.79 Å². The molecule has 0 radical (unpaired) electrons. The molecule has 1 N–H and O–H groups in total. The van der Waals surface area contributed by atoms with Gasteiger partial charge in [-0.2, -0.15) is 4.98 Å². The van der Waals surface area contributed by atoms with Crippen LogP contribution < -0.4 is 5.32 Å². The molecule has 4 aromatic rings. The normalized spacial score (nSPS) is 11.1. The summed E-state index contributed by atoms with van der Waals surface area (Å²) in [7, 11) is 0. The summed E-state index contributed by atoms with van der Waals surface area (Å²) in [6, 6.07) is 10.0. The lowest BCUT2D eigenvalue weighted by molar-refractivity contribution is -0.116. The second kappa shape index (κ2) is 7.22. The van der Waals surface area contributed by atoms with Crippen LogP contribution in [0.25, 0.3) is 22.5 Å². The number of hydrogen-bond acceptors (Lipinski definition) is 6. The largest absolute Gasteiger partial charge is 0.441 e. The third-order valence-electron chi connectivity index (χ3n) is 4.24. The number of amides is 1. The van der Waals surface area contributed by atoms with E-state index in [0.717, 1.165) is 5.52 Å². The monoisotopic (exact) mass is 380 g/mol. The first-order valence-corrected chi connectivity index (χ1v) is 8.74. The van der Waals surface area contributed by atoms with E-state index < -0.39 is 0 Å². The number of aryl methyl sites for hydroxylation is 3. The first-order chi connectivity index (χ1) is 13.5. The van der Waals surface area contributed by atoms with Crippen LogP contribution in [0, 0.1) is 19.7 Å². The number of carbonyl (C=O) groups excluding carboxylic acids is 1. The lowest BCUT2D eigenvalue weighted by Crippen LogP contribution is -2.12. The maximum absolute atomic E-state index is 13.7. The van der Waals surface area contributed by atoms with Gasteiger partial charge in [-0.05, 0) is 30.7 Å². The van der Waals surface area contributed by atoms with E-state index in [1.165, 1.54) is 6.07 Å². The highest BCUT2D eigenvalue weighted by Gasteiger charge is 2.12. The van der Waals surface area contributed by atoms with Crippen LogP contribution in [0.1, 0.15) is 23.8 Å². The van der Waals surface area contributed by atoms with Gasteiger partial charge in [-0.25, -0.2) is 9.37 Å². The molecule has 0 spiro atoms. The van der Waals surface area contributed by atoms with E-state index >= 15 is 0 Å². The van der Waals surface area contributed by atoms with E-state index in [9.17, 15) is 9.18 Å². The van der Waals surface area contributed by atoms with Crippen molar-refractivity contribution in [1.29, 1.82) is 0 Å². The Labute approximate surface area is 159 Å². The van der Waals surface area contributed by atoms with Crippen LogP contribution in [0.15, 0.2) is 45.3 Å². The number of fused-ring (bicyclic) bond motifs is 1. The van der Waals surface area contributed by atoms with Gasteiger partial charge in [0.2, 0.25) is 17.6 Å². The van der Waals surface area contributed by atoms with E-state index in [2.05, 4.69) is 20.4 Å². The molecule has 0 saturated heterocycles. The zero-order valence-electron chi connectivity index (χ0n) is 15.3. The highest BCUT2D eigenvalue weighted by molar-refractivity contribution is 5.92. The molecule has 0 fully saturated rings. The lowest BCUT2D eigenvalue weighted by Gasteiger charge is -2.03. The minimum atomic E-state index is -0.331. The fourth-order valence-corrected chi connectivity index (χ4v) is 2.77. The molecule has 2 aromatic heterocycles. The number of aromatic nitrogens is 3. The Hall–Kier alpha value is -3.55. The number of benzene rings is 2. The molecular weight excluding hydrogens is 363 g/mol. The molecule has 142 valence electrons. The van der Waals surface area contributed by atoms with E-state index in [1.807, 2.05) is 0 Å². The number of rotatable bonds is 5. The van der Waals surface area contributed by atoms with Gasteiger partial charge in [-0.15, -0.1) is 0 Å². The van der Waals surface area contributed by atoms with Crippen LogP contribution in [-0.2, 0) is 11.2 Å². The van der Waals surface area contributed by atoms with Gasteiger partial charge in [0.05, 0.1) is 0 Å². The van der Waals surface area contributed by atoms with Crippen LogP contribution in [0.4, 0.5) is 10.1 Å². The van der Waals surface area contributed by atoms with Gasteiger partial charge in [-0.1, -0.05) is 17.3 Å². The summed E-state index contributed by atoms with van der Waals surface area (Å²) in [4.78, 5) is 20.6. The summed E-state index contributed by atoms with van der Waals surface area (Å²) in [5.41, 5.74) is 3.04. The van der Waals surface area contributed by atoms with Gasteiger partial charge in [0, 0.05) is 37.1 Å². The van der Waals surface area contributed by atoms with Crippen molar-refractivity contribution >= 4 is 22.7 Å². The summed E-state index contributed by atoms with van der Waals surface area (Å²) in [5.74, 6) is 0.644. The fourth-order valence-electron chi connectivity index (χ4n) is 2.77. The molecule has 4 rings (SSSR count). The maximum atomic E-state index is 13.7. The number of nitrogens with zero attached hydrogens (tertiary/aromatic N) is 3. The Balaban J connectivity index is 1.37. The molecule has 0 unspecified atom stereocenters. The predicted molar refractivity (Wildman–Crippen MR) is 100 cm³/mol. The number of carbonyl (C=O) groups is 1. The molecule has 28 heavy (non-hydrogen) atoms. The highest BCUT2D eigenvalue weighted by atomic mass is 19.1. The Kier molecular flexibility index (Phi) is 4.60. The molecule has 8 heteroatoms. The summed E-state index contributed by atoms with van der Waals surface area (Å²) in [6.07, 6.45) is 0.439. The van der Waals surface area contributed by atoms with Crippen LogP contribution >= 0.6 is 0 Å². The van der Waals surface area contributed by atoms with Crippen molar-refractivity contribution in [2.75, 3.05) is 5.32 Å².